The lowest BCUT2D eigenvalue weighted by atomic mass is 9.98. The molecule has 1 heterocycles. The molecule has 0 N–H and O–H groups in total. The number of hydrogen-bond acceptors (Lipinski definition) is 5. The van der Waals surface area contributed by atoms with Gasteiger partial charge in [-0.15, -0.1) is 0 Å². The molecule has 0 spiro atoms. The van der Waals surface area contributed by atoms with Crippen molar-refractivity contribution in [2.75, 3.05) is 25.4 Å². The molecule has 1 aliphatic heterocycles. The molecule has 2 unspecified atom stereocenters. The highest BCUT2D eigenvalue weighted by Crippen LogP contribution is 2.27. The number of ether oxygens (including phenoxy) is 1. The van der Waals surface area contributed by atoms with Gasteiger partial charge in [-0.3, -0.25) is 18.7 Å². The molecule has 0 aromatic heterocycles. The predicted octanol–water partition coefficient (Wildman–Crippen LogP) is 3.48. The first-order valence-electron chi connectivity index (χ1n) is 10.7. The molecule has 0 bridgehead atoms. The second kappa shape index (κ2) is 10.7. The molecule has 1 aliphatic carbocycles. The Balaban J connectivity index is 1.70. The van der Waals surface area contributed by atoms with Crippen LogP contribution in [0.2, 0.25) is 0 Å². The number of allylic oxidation sites excluding steroid dienone is 2. The van der Waals surface area contributed by atoms with Crippen LogP contribution in [0.25, 0.3) is 0 Å². The zero-order chi connectivity index (χ0) is 23.4. The van der Waals surface area contributed by atoms with Crippen molar-refractivity contribution < 1.29 is 22.9 Å². The molecule has 174 valence electrons. The highest BCUT2D eigenvalue weighted by molar-refractivity contribution is 7.85. The van der Waals surface area contributed by atoms with Crippen molar-refractivity contribution in [3.63, 3.8) is 0 Å². The third-order valence-corrected chi connectivity index (χ3v) is 7.55. The maximum Gasteiger partial charge on any atom is 0.318 e. The van der Waals surface area contributed by atoms with E-state index in [-0.39, 0.29) is 41.1 Å². The number of hydrogen-bond donors (Lipinski definition) is 0. The molecule has 1 fully saturated rings. The highest BCUT2D eigenvalue weighted by atomic mass is 35.5. The van der Waals surface area contributed by atoms with E-state index in [1.54, 1.807) is 11.8 Å². The van der Waals surface area contributed by atoms with E-state index in [1.165, 1.54) is 12.1 Å². The molecule has 2 aliphatic rings. The van der Waals surface area contributed by atoms with Gasteiger partial charge in [-0.25, -0.2) is 4.39 Å². The van der Waals surface area contributed by atoms with Crippen LogP contribution >= 0.6 is 11.6 Å². The molecule has 1 aromatic rings. The number of esters is 1. The summed E-state index contributed by atoms with van der Waals surface area (Å²) in [7, 11) is -1.88. The van der Waals surface area contributed by atoms with Gasteiger partial charge >= 0.3 is 5.97 Å². The molecule has 0 saturated carbocycles. The summed E-state index contributed by atoms with van der Waals surface area (Å²) in [5, 5.41) is 0.718. The van der Waals surface area contributed by atoms with Gasteiger partial charge in [0.05, 0.1) is 22.3 Å². The summed E-state index contributed by atoms with van der Waals surface area (Å²) < 4.78 is 31.7. The van der Waals surface area contributed by atoms with E-state index in [0.717, 1.165) is 17.5 Å². The van der Waals surface area contributed by atoms with Crippen LogP contribution in [0.3, 0.4) is 0 Å². The first kappa shape index (κ1) is 24.6. The van der Waals surface area contributed by atoms with Gasteiger partial charge in [0.15, 0.2) is 0 Å². The Morgan fingerprint density at radius 3 is 2.66 bits per heavy atom. The summed E-state index contributed by atoms with van der Waals surface area (Å²) in [6.07, 6.45) is 6.85. The van der Waals surface area contributed by atoms with E-state index in [1.807, 2.05) is 19.1 Å². The Morgan fingerprint density at radius 2 is 2.00 bits per heavy atom. The SMILES string of the molecule is CCOC(=O)CS(=O)c1ccc(C(=O)N2CCN([C@H]3C=C(Cl)C=CC3)C(C)[C@@H]2C)cc1F. The fourth-order valence-electron chi connectivity index (χ4n) is 4.15. The topological polar surface area (TPSA) is 66.9 Å². The summed E-state index contributed by atoms with van der Waals surface area (Å²) in [5.74, 6) is -2.13. The maximum absolute atomic E-state index is 14.6. The van der Waals surface area contributed by atoms with E-state index in [4.69, 9.17) is 16.3 Å². The molecule has 1 aromatic carbocycles. The average molecular weight is 483 g/mol. The predicted molar refractivity (Wildman–Crippen MR) is 122 cm³/mol. The van der Waals surface area contributed by atoms with Gasteiger partial charge < -0.3 is 9.64 Å². The van der Waals surface area contributed by atoms with Gasteiger partial charge in [0.1, 0.15) is 11.6 Å². The largest absolute Gasteiger partial charge is 0.465 e. The van der Waals surface area contributed by atoms with Gasteiger partial charge in [0.25, 0.3) is 5.91 Å². The van der Waals surface area contributed by atoms with Crippen molar-refractivity contribution in [1.82, 2.24) is 9.80 Å². The normalized spacial score (nSPS) is 24.7. The fraction of sp³-hybridized carbons (Fsp3) is 0.478. The Hall–Kier alpha value is -2.03. The van der Waals surface area contributed by atoms with Crippen molar-refractivity contribution in [2.45, 2.75) is 50.2 Å². The molecule has 3 rings (SSSR count). The zero-order valence-corrected chi connectivity index (χ0v) is 20.0. The van der Waals surface area contributed by atoms with Crippen LogP contribution in [0.5, 0.6) is 0 Å². The van der Waals surface area contributed by atoms with Crippen LogP contribution < -0.4 is 0 Å². The van der Waals surface area contributed by atoms with E-state index in [9.17, 15) is 18.2 Å². The minimum Gasteiger partial charge on any atom is -0.465 e. The minimum atomic E-state index is -1.88. The summed E-state index contributed by atoms with van der Waals surface area (Å²) in [5.41, 5.74) is 0.190. The number of carbonyl (C=O) groups is 2. The number of carbonyl (C=O) groups excluding carboxylic acids is 2. The van der Waals surface area contributed by atoms with E-state index in [2.05, 4.69) is 17.9 Å². The minimum absolute atomic E-state index is 0.0879. The van der Waals surface area contributed by atoms with E-state index in [0.29, 0.717) is 13.1 Å². The maximum atomic E-state index is 14.6. The van der Waals surface area contributed by atoms with Gasteiger partial charge in [-0.1, -0.05) is 17.7 Å². The van der Waals surface area contributed by atoms with Crippen LogP contribution in [0.1, 0.15) is 37.6 Å². The third kappa shape index (κ3) is 5.47. The number of benzene rings is 1. The van der Waals surface area contributed by atoms with Gasteiger partial charge in [0.2, 0.25) is 0 Å². The summed E-state index contributed by atoms with van der Waals surface area (Å²) in [4.78, 5) is 28.6. The molecular formula is C23H28ClFN2O4S. The van der Waals surface area contributed by atoms with E-state index >= 15 is 0 Å². The monoisotopic (exact) mass is 482 g/mol. The van der Waals surface area contributed by atoms with Crippen molar-refractivity contribution in [2.24, 2.45) is 0 Å². The van der Waals surface area contributed by atoms with Crippen LogP contribution in [-0.4, -0.2) is 69.5 Å². The molecule has 1 saturated heterocycles. The molecule has 9 heteroatoms. The molecule has 6 nitrogen and oxygen atoms in total. The molecule has 1 amide bonds. The summed E-state index contributed by atoms with van der Waals surface area (Å²) >= 11 is 6.17. The van der Waals surface area contributed by atoms with Gasteiger partial charge in [0, 0.05) is 41.8 Å². The van der Waals surface area contributed by atoms with Crippen molar-refractivity contribution >= 4 is 34.3 Å². The third-order valence-electron chi connectivity index (χ3n) is 5.98. The smallest absolute Gasteiger partial charge is 0.318 e. The standard InChI is InChI=1S/C23H28ClFN2O4S/c1-4-31-22(28)14-32(30)21-9-8-17(12-20(21)25)23(29)27-11-10-26(15(2)16(27)3)19-7-5-6-18(24)13-19/h5-6,8-9,12-13,15-16,19H,4,7,10-11,14H2,1-3H3/t15?,16-,19+,32?/m0/s1. The van der Waals surface area contributed by atoms with Gasteiger partial charge in [-0.2, -0.15) is 0 Å². The lowest BCUT2D eigenvalue weighted by Crippen LogP contribution is -2.61. The number of rotatable bonds is 6. The summed E-state index contributed by atoms with van der Waals surface area (Å²) in [6.45, 7) is 7.05. The Labute approximate surface area is 195 Å². The van der Waals surface area contributed by atoms with Crippen LogP contribution in [0.15, 0.2) is 46.4 Å². The Kier molecular flexibility index (Phi) is 8.25. The second-order valence-corrected chi connectivity index (χ2v) is 9.77. The van der Waals surface area contributed by atoms with E-state index < -0.39 is 28.3 Å². The highest BCUT2D eigenvalue weighted by Gasteiger charge is 2.36. The number of halogens is 2. The first-order chi connectivity index (χ1) is 15.2. The number of piperazine rings is 1. The van der Waals surface area contributed by atoms with Crippen LogP contribution in [-0.2, 0) is 20.3 Å². The lowest BCUT2D eigenvalue weighted by Gasteiger charge is -2.47. The van der Waals surface area contributed by atoms with Crippen molar-refractivity contribution in [1.29, 1.82) is 0 Å². The average Bonchev–Trinajstić information content (AvgIpc) is 2.75. The molecule has 0 radical (unpaired) electrons. The Morgan fingerprint density at radius 1 is 1.25 bits per heavy atom. The lowest BCUT2D eigenvalue weighted by molar-refractivity contribution is -0.139. The zero-order valence-electron chi connectivity index (χ0n) is 18.4. The number of nitrogens with zero attached hydrogens (tertiary/aromatic N) is 2. The van der Waals surface area contributed by atoms with Crippen LogP contribution in [0, 0.1) is 5.82 Å². The van der Waals surface area contributed by atoms with Gasteiger partial charge in [-0.05, 0) is 57.5 Å². The fourth-order valence-corrected chi connectivity index (χ4v) is 5.34. The van der Waals surface area contributed by atoms with Crippen molar-refractivity contribution in [3.8, 4) is 0 Å². The molecule has 32 heavy (non-hydrogen) atoms. The second-order valence-electron chi connectivity index (χ2n) is 7.91. The molecular weight excluding hydrogens is 455 g/mol. The molecule has 4 atom stereocenters. The first-order valence-corrected chi connectivity index (χ1v) is 12.4. The van der Waals surface area contributed by atoms with Crippen molar-refractivity contribution in [3.05, 3.63) is 52.8 Å². The number of amides is 1. The Bertz CT molecular complexity index is 967. The summed E-state index contributed by atoms with van der Waals surface area (Å²) in [6, 6.07) is 4.05. The van der Waals surface area contributed by atoms with Crippen LogP contribution in [0.4, 0.5) is 4.39 Å². The quantitative estimate of drug-likeness (QED) is 0.581.